The Kier molecular flexibility index (Phi) is 6.26. The highest BCUT2D eigenvalue weighted by Crippen LogP contribution is 2.24. The van der Waals surface area contributed by atoms with Gasteiger partial charge >= 0.3 is 0 Å². The molecule has 0 fully saturated rings. The van der Waals surface area contributed by atoms with Crippen LogP contribution in [0, 0.1) is 0 Å². The Morgan fingerprint density at radius 3 is 2.67 bits per heavy atom. The van der Waals surface area contributed by atoms with Gasteiger partial charge in [0.2, 0.25) is 10.0 Å². The third-order valence-corrected chi connectivity index (χ3v) is 5.38. The van der Waals surface area contributed by atoms with Crippen LogP contribution in [-0.2, 0) is 20.8 Å². The molecule has 0 heterocycles. The van der Waals surface area contributed by atoms with Crippen LogP contribution in [0.1, 0.15) is 6.42 Å². The van der Waals surface area contributed by atoms with Crippen molar-refractivity contribution < 1.29 is 12.6 Å². The van der Waals surface area contributed by atoms with Crippen molar-refractivity contribution in [2.45, 2.75) is 11.3 Å². The van der Waals surface area contributed by atoms with Gasteiger partial charge in [0.05, 0.1) is 5.02 Å². The third-order valence-electron chi connectivity index (χ3n) is 2.08. The fraction of sp³-hybridized carbons (Fsp3) is 0.400. The van der Waals surface area contributed by atoms with Crippen molar-refractivity contribution >= 4 is 48.4 Å². The Balaban J connectivity index is 2.71. The van der Waals surface area contributed by atoms with Gasteiger partial charge < -0.3 is 0 Å². The SMILES string of the molecule is CS(=O)CCCNS(=O)(=O)c1ccc(Br)cc1Cl. The quantitative estimate of drug-likeness (QED) is 0.776. The largest absolute Gasteiger partial charge is 0.260 e. The Bertz CT molecular complexity index is 548. The van der Waals surface area contributed by atoms with E-state index in [0.29, 0.717) is 16.6 Å². The molecule has 102 valence electrons. The molecule has 0 aromatic heterocycles. The van der Waals surface area contributed by atoms with Crippen LogP contribution in [0.3, 0.4) is 0 Å². The van der Waals surface area contributed by atoms with Crippen LogP contribution in [-0.4, -0.2) is 31.2 Å². The summed E-state index contributed by atoms with van der Waals surface area (Å²) in [6.07, 6.45) is 2.11. The van der Waals surface area contributed by atoms with Gasteiger partial charge in [-0.05, 0) is 24.6 Å². The molecular weight excluding hydrogens is 362 g/mol. The summed E-state index contributed by atoms with van der Waals surface area (Å²) in [4.78, 5) is 0.0463. The Morgan fingerprint density at radius 2 is 2.11 bits per heavy atom. The zero-order valence-electron chi connectivity index (χ0n) is 9.65. The van der Waals surface area contributed by atoms with Crippen LogP contribution < -0.4 is 4.72 Å². The van der Waals surface area contributed by atoms with Gasteiger partial charge in [-0.25, -0.2) is 13.1 Å². The molecule has 18 heavy (non-hydrogen) atoms. The molecule has 0 aliphatic rings. The summed E-state index contributed by atoms with van der Waals surface area (Å²) in [5, 5.41) is 0.163. The molecule has 0 bridgehead atoms. The predicted octanol–water partition coefficient (Wildman–Crippen LogP) is 2.15. The number of hydrogen-bond acceptors (Lipinski definition) is 3. The minimum Gasteiger partial charge on any atom is -0.260 e. The lowest BCUT2D eigenvalue weighted by Gasteiger charge is -2.08. The Labute approximate surface area is 123 Å². The molecule has 1 rings (SSSR count). The first-order chi connectivity index (χ1) is 8.33. The highest BCUT2D eigenvalue weighted by molar-refractivity contribution is 9.10. The molecule has 1 aromatic rings. The second-order valence-corrected chi connectivity index (χ2v) is 8.22. The molecule has 1 N–H and O–H groups in total. The Hall–Kier alpha value is 0.0500. The monoisotopic (exact) mass is 373 g/mol. The van der Waals surface area contributed by atoms with Crippen LogP contribution in [0.25, 0.3) is 0 Å². The molecule has 0 aliphatic heterocycles. The van der Waals surface area contributed by atoms with E-state index < -0.39 is 20.8 Å². The zero-order valence-corrected chi connectivity index (χ0v) is 13.6. The summed E-state index contributed by atoms with van der Waals surface area (Å²) in [7, 11) is -4.52. The van der Waals surface area contributed by atoms with Gasteiger partial charge in [-0.1, -0.05) is 27.5 Å². The lowest BCUT2D eigenvalue weighted by molar-refractivity contribution is 0.580. The van der Waals surface area contributed by atoms with Crippen molar-refractivity contribution in [2.24, 2.45) is 0 Å². The molecular formula is C10H13BrClNO3S2. The van der Waals surface area contributed by atoms with E-state index in [-0.39, 0.29) is 16.5 Å². The van der Waals surface area contributed by atoms with Crippen molar-refractivity contribution in [1.82, 2.24) is 4.72 Å². The third kappa shape index (κ3) is 4.97. The fourth-order valence-electron chi connectivity index (χ4n) is 1.25. The van der Waals surface area contributed by atoms with Crippen molar-refractivity contribution in [3.63, 3.8) is 0 Å². The normalized spacial score (nSPS) is 13.5. The van der Waals surface area contributed by atoms with E-state index in [9.17, 15) is 12.6 Å². The first-order valence-corrected chi connectivity index (χ1v) is 9.46. The number of rotatable bonds is 6. The summed E-state index contributed by atoms with van der Waals surface area (Å²) < 4.78 is 37.8. The van der Waals surface area contributed by atoms with Crippen LogP contribution in [0.5, 0.6) is 0 Å². The topological polar surface area (TPSA) is 63.2 Å². The number of hydrogen-bond donors (Lipinski definition) is 1. The van der Waals surface area contributed by atoms with Gasteiger partial charge in [0.25, 0.3) is 0 Å². The van der Waals surface area contributed by atoms with Crippen LogP contribution in [0.4, 0.5) is 0 Å². The molecule has 0 saturated carbocycles. The summed E-state index contributed by atoms with van der Waals surface area (Å²) in [6.45, 7) is 0.244. The molecule has 0 amide bonds. The zero-order chi connectivity index (χ0) is 13.8. The second kappa shape index (κ2) is 7.00. The van der Waals surface area contributed by atoms with Gasteiger partial charge in [0, 0.05) is 33.8 Å². The number of benzene rings is 1. The maximum Gasteiger partial charge on any atom is 0.242 e. The first kappa shape index (κ1) is 16.1. The summed E-state index contributed by atoms with van der Waals surface area (Å²) >= 11 is 9.09. The molecule has 1 aromatic carbocycles. The van der Waals surface area contributed by atoms with Crippen LogP contribution in [0.15, 0.2) is 27.6 Å². The first-order valence-electron chi connectivity index (χ1n) is 5.07. The van der Waals surface area contributed by atoms with Crippen molar-refractivity contribution in [1.29, 1.82) is 0 Å². The molecule has 1 atom stereocenters. The highest BCUT2D eigenvalue weighted by atomic mass is 79.9. The van der Waals surface area contributed by atoms with E-state index in [2.05, 4.69) is 20.7 Å². The van der Waals surface area contributed by atoms with E-state index in [1.165, 1.54) is 12.1 Å². The number of sulfonamides is 1. The van der Waals surface area contributed by atoms with Gasteiger partial charge in [0.1, 0.15) is 4.90 Å². The number of halogens is 2. The molecule has 0 aliphatic carbocycles. The van der Waals surface area contributed by atoms with Crippen molar-refractivity contribution in [2.75, 3.05) is 18.6 Å². The van der Waals surface area contributed by atoms with Crippen molar-refractivity contribution in [3.8, 4) is 0 Å². The Morgan fingerprint density at radius 1 is 1.44 bits per heavy atom. The fourth-order valence-corrected chi connectivity index (χ4v) is 3.91. The molecule has 0 radical (unpaired) electrons. The van der Waals surface area contributed by atoms with Gasteiger partial charge in [-0.2, -0.15) is 0 Å². The molecule has 0 saturated heterocycles. The van der Waals surface area contributed by atoms with E-state index in [1.807, 2.05) is 0 Å². The molecule has 8 heteroatoms. The number of nitrogens with one attached hydrogen (secondary N) is 1. The second-order valence-electron chi connectivity index (χ2n) is 3.60. The lowest BCUT2D eigenvalue weighted by atomic mass is 10.4. The standard InChI is InChI=1S/C10H13BrClNO3S2/c1-17(14)6-2-5-13-18(15,16)10-4-3-8(11)7-9(10)12/h3-4,7,13H,2,5-6H2,1H3. The maximum absolute atomic E-state index is 11.9. The summed E-state index contributed by atoms with van der Waals surface area (Å²) in [5.74, 6) is 0.469. The molecule has 1 unspecified atom stereocenters. The van der Waals surface area contributed by atoms with Crippen LogP contribution >= 0.6 is 27.5 Å². The smallest absolute Gasteiger partial charge is 0.242 e. The maximum atomic E-state index is 11.9. The van der Waals surface area contributed by atoms with E-state index >= 15 is 0 Å². The van der Waals surface area contributed by atoms with Gasteiger partial charge in [-0.3, -0.25) is 4.21 Å². The van der Waals surface area contributed by atoms with Gasteiger partial charge in [0.15, 0.2) is 0 Å². The summed E-state index contributed by atoms with van der Waals surface area (Å²) in [6, 6.07) is 4.57. The minimum absolute atomic E-state index is 0.0463. The average molecular weight is 375 g/mol. The minimum atomic E-state index is -3.61. The summed E-state index contributed by atoms with van der Waals surface area (Å²) in [5.41, 5.74) is 0. The lowest BCUT2D eigenvalue weighted by Crippen LogP contribution is -2.26. The average Bonchev–Trinajstić information content (AvgIpc) is 2.23. The van der Waals surface area contributed by atoms with Gasteiger partial charge in [-0.15, -0.1) is 0 Å². The molecule has 4 nitrogen and oxygen atoms in total. The van der Waals surface area contributed by atoms with E-state index in [1.54, 1.807) is 12.3 Å². The van der Waals surface area contributed by atoms with E-state index in [0.717, 1.165) is 0 Å². The molecule has 0 spiro atoms. The van der Waals surface area contributed by atoms with Crippen molar-refractivity contribution in [3.05, 3.63) is 27.7 Å². The van der Waals surface area contributed by atoms with Crippen LogP contribution in [0.2, 0.25) is 5.02 Å². The highest BCUT2D eigenvalue weighted by Gasteiger charge is 2.17. The predicted molar refractivity (Wildman–Crippen MR) is 77.9 cm³/mol. The van der Waals surface area contributed by atoms with E-state index in [4.69, 9.17) is 11.6 Å².